The SMILES string of the molecule is O=C1CC(Cn2c(=O)oc3ccccc32)c2c(n[nH]c2-c2ccccc2)N1. The van der Waals surface area contributed by atoms with Crippen molar-refractivity contribution in [1.82, 2.24) is 14.8 Å². The molecule has 0 saturated carbocycles. The van der Waals surface area contributed by atoms with Gasteiger partial charge in [0.1, 0.15) is 0 Å². The van der Waals surface area contributed by atoms with Crippen molar-refractivity contribution in [2.45, 2.75) is 18.9 Å². The topological polar surface area (TPSA) is 92.9 Å². The highest BCUT2D eigenvalue weighted by Gasteiger charge is 2.32. The summed E-state index contributed by atoms with van der Waals surface area (Å²) in [5.74, 6) is -0.203. The monoisotopic (exact) mass is 360 g/mol. The second-order valence-electron chi connectivity index (χ2n) is 6.62. The van der Waals surface area contributed by atoms with Gasteiger partial charge in [-0.25, -0.2) is 4.79 Å². The van der Waals surface area contributed by atoms with Crippen molar-refractivity contribution in [2.75, 3.05) is 5.32 Å². The maximum atomic E-state index is 12.4. The van der Waals surface area contributed by atoms with E-state index in [1.54, 1.807) is 10.6 Å². The molecule has 0 bridgehead atoms. The summed E-state index contributed by atoms with van der Waals surface area (Å²) in [7, 11) is 0. The zero-order chi connectivity index (χ0) is 18.4. The van der Waals surface area contributed by atoms with Gasteiger partial charge in [0.05, 0.1) is 11.2 Å². The molecule has 1 aliphatic heterocycles. The summed E-state index contributed by atoms with van der Waals surface area (Å²) in [4.78, 5) is 24.6. The lowest BCUT2D eigenvalue weighted by Crippen LogP contribution is -2.27. The number of H-pyrrole nitrogens is 1. The van der Waals surface area contributed by atoms with Crippen LogP contribution in [0.25, 0.3) is 22.4 Å². The van der Waals surface area contributed by atoms with Crippen molar-refractivity contribution < 1.29 is 9.21 Å². The van der Waals surface area contributed by atoms with Gasteiger partial charge in [-0.05, 0) is 17.7 Å². The minimum Gasteiger partial charge on any atom is -0.408 e. The van der Waals surface area contributed by atoms with Gasteiger partial charge in [0.2, 0.25) is 5.91 Å². The minimum absolute atomic E-state index is 0.112. The molecule has 7 nitrogen and oxygen atoms in total. The van der Waals surface area contributed by atoms with Crippen molar-refractivity contribution in [1.29, 1.82) is 0 Å². The van der Waals surface area contributed by atoms with Crippen LogP contribution < -0.4 is 11.1 Å². The number of hydrogen-bond donors (Lipinski definition) is 2. The lowest BCUT2D eigenvalue weighted by Gasteiger charge is -2.23. The number of para-hydroxylation sites is 2. The molecule has 0 aliphatic carbocycles. The van der Waals surface area contributed by atoms with Crippen molar-refractivity contribution in [3.63, 3.8) is 0 Å². The first-order valence-corrected chi connectivity index (χ1v) is 8.72. The molecule has 2 aromatic heterocycles. The lowest BCUT2D eigenvalue weighted by molar-refractivity contribution is -0.116. The molecule has 4 aromatic rings. The van der Waals surface area contributed by atoms with Crippen molar-refractivity contribution in [2.24, 2.45) is 0 Å². The number of hydrogen-bond acceptors (Lipinski definition) is 4. The Kier molecular flexibility index (Phi) is 3.46. The largest absolute Gasteiger partial charge is 0.419 e. The van der Waals surface area contributed by atoms with Gasteiger partial charge in [0.15, 0.2) is 11.4 Å². The first-order valence-electron chi connectivity index (χ1n) is 8.72. The number of oxazole rings is 1. The van der Waals surface area contributed by atoms with Crippen LogP contribution in [0, 0.1) is 0 Å². The number of anilines is 1. The number of nitrogens with one attached hydrogen (secondary N) is 2. The number of aromatic nitrogens is 3. The van der Waals surface area contributed by atoms with Crippen LogP contribution in [0.2, 0.25) is 0 Å². The number of amides is 1. The van der Waals surface area contributed by atoms with Gasteiger partial charge < -0.3 is 9.73 Å². The molecular formula is C20H16N4O3. The van der Waals surface area contributed by atoms with E-state index in [2.05, 4.69) is 15.5 Å². The molecule has 0 radical (unpaired) electrons. The van der Waals surface area contributed by atoms with E-state index in [1.165, 1.54) is 0 Å². The Bertz CT molecular complexity index is 1200. The van der Waals surface area contributed by atoms with Crippen LogP contribution >= 0.6 is 0 Å². The zero-order valence-electron chi connectivity index (χ0n) is 14.3. The Morgan fingerprint density at radius 2 is 1.85 bits per heavy atom. The predicted molar refractivity (Wildman–Crippen MR) is 100 cm³/mol. The van der Waals surface area contributed by atoms with Crippen LogP contribution in [0.4, 0.5) is 5.82 Å². The molecule has 5 rings (SSSR count). The molecule has 7 heteroatoms. The molecule has 1 amide bonds. The van der Waals surface area contributed by atoms with Crippen molar-refractivity contribution >= 4 is 22.8 Å². The van der Waals surface area contributed by atoms with Gasteiger partial charge in [-0.3, -0.25) is 14.5 Å². The van der Waals surface area contributed by atoms with Gasteiger partial charge in [0.25, 0.3) is 0 Å². The van der Waals surface area contributed by atoms with Crippen molar-refractivity contribution in [3.8, 4) is 11.3 Å². The first kappa shape index (κ1) is 15.6. The molecule has 0 saturated heterocycles. The third-order valence-electron chi connectivity index (χ3n) is 4.94. The maximum Gasteiger partial charge on any atom is 0.419 e. The molecule has 2 N–H and O–H groups in total. The van der Waals surface area contributed by atoms with Crippen LogP contribution in [-0.2, 0) is 11.3 Å². The Balaban J connectivity index is 1.62. The number of aromatic amines is 1. The summed E-state index contributed by atoms with van der Waals surface area (Å²) in [6.45, 7) is 0.343. The van der Waals surface area contributed by atoms with Gasteiger partial charge in [0, 0.05) is 24.4 Å². The van der Waals surface area contributed by atoms with Crippen LogP contribution in [0.15, 0.2) is 63.8 Å². The normalized spacial score (nSPS) is 16.3. The van der Waals surface area contributed by atoms with Gasteiger partial charge in [-0.1, -0.05) is 42.5 Å². The summed E-state index contributed by atoms with van der Waals surface area (Å²) in [6.07, 6.45) is 0.276. The fraction of sp³-hybridized carbons (Fsp3) is 0.150. The Labute approximate surface area is 153 Å². The van der Waals surface area contributed by atoms with E-state index < -0.39 is 5.76 Å². The highest BCUT2D eigenvalue weighted by Crippen LogP contribution is 2.39. The minimum atomic E-state index is -0.423. The zero-order valence-corrected chi connectivity index (χ0v) is 14.3. The molecule has 134 valence electrons. The van der Waals surface area contributed by atoms with Crippen LogP contribution in [-0.4, -0.2) is 20.7 Å². The van der Waals surface area contributed by atoms with Crippen LogP contribution in [0.1, 0.15) is 17.9 Å². The Morgan fingerprint density at radius 3 is 2.70 bits per heavy atom. The fourth-order valence-electron chi connectivity index (χ4n) is 3.74. The standard InChI is InChI=1S/C20H16N4O3/c25-16-10-13(11-24-14-8-4-5-9-15(14)27-20(24)26)17-18(22-23-19(17)21-16)12-6-2-1-3-7-12/h1-9,13H,10-11H2,(H2,21,22,23,25). The molecule has 2 aromatic carbocycles. The molecule has 1 atom stereocenters. The van der Waals surface area contributed by atoms with Gasteiger partial charge in [-0.15, -0.1) is 0 Å². The first-order chi connectivity index (χ1) is 13.2. The Morgan fingerprint density at radius 1 is 1.07 bits per heavy atom. The summed E-state index contributed by atoms with van der Waals surface area (Å²) in [5.41, 5.74) is 4.02. The third kappa shape index (κ3) is 2.55. The van der Waals surface area contributed by atoms with E-state index in [0.717, 1.165) is 22.3 Å². The summed E-state index contributed by atoms with van der Waals surface area (Å²) >= 11 is 0. The second-order valence-corrected chi connectivity index (χ2v) is 6.62. The predicted octanol–water partition coefficient (Wildman–Crippen LogP) is 3.11. The molecule has 1 unspecified atom stereocenters. The number of carbonyl (C=O) groups is 1. The molecule has 3 heterocycles. The Hall–Kier alpha value is -3.61. The summed E-state index contributed by atoms with van der Waals surface area (Å²) < 4.78 is 6.92. The number of rotatable bonds is 3. The van der Waals surface area contributed by atoms with E-state index in [9.17, 15) is 9.59 Å². The highest BCUT2D eigenvalue weighted by molar-refractivity contribution is 5.95. The molecule has 27 heavy (non-hydrogen) atoms. The van der Waals surface area contributed by atoms with E-state index in [1.807, 2.05) is 48.5 Å². The molecule has 0 fully saturated rings. The van der Waals surface area contributed by atoms with Crippen LogP contribution in [0.3, 0.4) is 0 Å². The number of nitrogens with zero attached hydrogens (tertiary/aromatic N) is 2. The number of benzene rings is 2. The van der Waals surface area contributed by atoms with Gasteiger partial charge >= 0.3 is 5.76 Å². The summed E-state index contributed by atoms with van der Waals surface area (Å²) in [5, 5.41) is 10.1. The lowest BCUT2D eigenvalue weighted by atomic mass is 9.89. The molecular weight excluding hydrogens is 344 g/mol. The summed E-state index contributed by atoms with van der Waals surface area (Å²) in [6, 6.07) is 17.1. The quantitative estimate of drug-likeness (QED) is 0.587. The fourth-order valence-corrected chi connectivity index (χ4v) is 3.74. The maximum absolute atomic E-state index is 12.4. The van der Waals surface area contributed by atoms with Gasteiger partial charge in [-0.2, -0.15) is 5.10 Å². The average Bonchev–Trinajstić information content (AvgIpc) is 3.24. The van der Waals surface area contributed by atoms with E-state index in [0.29, 0.717) is 17.9 Å². The number of fused-ring (bicyclic) bond motifs is 2. The van der Waals surface area contributed by atoms with E-state index in [-0.39, 0.29) is 18.2 Å². The number of carbonyl (C=O) groups excluding carboxylic acids is 1. The van der Waals surface area contributed by atoms with E-state index in [4.69, 9.17) is 4.42 Å². The van der Waals surface area contributed by atoms with Crippen LogP contribution in [0.5, 0.6) is 0 Å². The average molecular weight is 360 g/mol. The van der Waals surface area contributed by atoms with Crippen molar-refractivity contribution in [3.05, 3.63) is 70.7 Å². The second kappa shape index (κ2) is 5.98. The molecule has 1 aliphatic rings. The molecule has 0 spiro atoms. The smallest absolute Gasteiger partial charge is 0.408 e. The van der Waals surface area contributed by atoms with E-state index >= 15 is 0 Å². The third-order valence-corrected chi connectivity index (χ3v) is 4.94. The highest BCUT2D eigenvalue weighted by atomic mass is 16.4.